The van der Waals surface area contributed by atoms with E-state index in [4.69, 9.17) is 23.2 Å². The largest absolute Gasteiger partial charge is 0.507 e. The van der Waals surface area contributed by atoms with Gasteiger partial charge in [-0.1, -0.05) is 35.3 Å². The van der Waals surface area contributed by atoms with E-state index in [1.54, 1.807) is 6.07 Å². The molecule has 0 bridgehead atoms. The lowest BCUT2D eigenvalue weighted by molar-refractivity contribution is -0.385. The van der Waals surface area contributed by atoms with Gasteiger partial charge in [-0.25, -0.2) is 0 Å². The molecule has 3 N–H and O–H groups in total. The molecule has 0 aromatic heterocycles. The van der Waals surface area contributed by atoms with Crippen molar-refractivity contribution in [3.8, 4) is 17.6 Å². The molecule has 1 atom stereocenters. The quantitative estimate of drug-likeness (QED) is 0.266. The summed E-state index contributed by atoms with van der Waals surface area (Å²) < 4.78 is 41.7. The third kappa shape index (κ3) is 5.24. The van der Waals surface area contributed by atoms with Crippen molar-refractivity contribution in [1.82, 2.24) is 0 Å². The Balaban J connectivity index is 2.06. The Labute approximate surface area is 204 Å². The molecule has 0 saturated carbocycles. The number of hydrogen-bond donors (Lipinski definition) is 3. The van der Waals surface area contributed by atoms with E-state index in [0.717, 1.165) is 24.3 Å². The lowest BCUT2D eigenvalue weighted by atomic mass is 9.88. The molecule has 0 saturated heterocycles. The summed E-state index contributed by atoms with van der Waals surface area (Å²) in [6.45, 7) is 0. The van der Waals surface area contributed by atoms with Gasteiger partial charge >= 0.3 is 11.9 Å². The lowest BCUT2D eigenvalue weighted by Gasteiger charge is -2.19. The Kier molecular flexibility index (Phi) is 7.09. The number of nitro benzene ring substituents is 1. The number of phenolic OH excluding ortho intramolecular Hbond substituents is 2. The van der Waals surface area contributed by atoms with E-state index in [1.165, 1.54) is 18.2 Å². The Morgan fingerprint density at radius 2 is 1.74 bits per heavy atom. The van der Waals surface area contributed by atoms with E-state index < -0.39 is 62.5 Å². The Hall–Kier alpha value is -4.01. The summed E-state index contributed by atoms with van der Waals surface area (Å²) in [5, 5.41) is 42.7. The first kappa shape index (κ1) is 25.6. The third-order valence-corrected chi connectivity index (χ3v) is 5.45. The number of nitrogens with one attached hydrogen (secondary N) is 1. The molecule has 8 nitrogen and oxygen atoms in total. The number of carbonyl (C=O) groups excluding carboxylic acids is 1. The van der Waals surface area contributed by atoms with Crippen LogP contribution in [0.25, 0.3) is 0 Å². The molecule has 0 radical (unpaired) electrons. The van der Waals surface area contributed by atoms with E-state index in [-0.39, 0.29) is 15.6 Å². The molecule has 0 aliphatic rings. The lowest BCUT2D eigenvalue weighted by Crippen LogP contribution is -2.16. The molecule has 0 fully saturated rings. The molecule has 0 spiro atoms. The minimum atomic E-state index is -4.96. The number of amides is 1. The van der Waals surface area contributed by atoms with Gasteiger partial charge in [0.25, 0.3) is 5.91 Å². The number of nitrogens with zero attached hydrogens (tertiary/aromatic N) is 2. The molecule has 0 aliphatic heterocycles. The van der Waals surface area contributed by atoms with Crippen LogP contribution < -0.4 is 5.32 Å². The van der Waals surface area contributed by atoms with Crippen LogP contribution in [-0.4, -0.2) is 21.0 Å². The Morgan fingerprint density at radius 3 is 2.31 bits per heavy atom. The molecule has 3 rings (SSSR count). The van der Waals surface area contributed by atoms with Crippen LogP contribution in [0, 0.1) is 21.4 Å². The first-order chi connectivity index (χ1) is 16.3. The molecule has 0 heterocycles. The van der Waals surface area contributed by atoms with E-state index in [9.17, 15) is 43.6 Å². The van der Waals surface area contributed by atoms with Crippen molar-refractivity contribution in [2.24, 2.45) is 0 Å². The van der Waals surface area contributed by atoms with Crippen molar-refractivity contribution in [2.45, 2.75) is 12.1 Å². The zero-order chi connectivity index (χ0) is 26.1. The maximum Gasteiger partial charge on any atom is 0.416 e. The van der Waals surface area contributed by atoms with Gasteiger partial charge in [-0.3, -0.25) is 14.9 Å². The molecular formula is C22H12Cl2F3N3O5. The topological polar surface area (TPSA) is 136 Å². The molecule has 1 amide bonds. The predicted molar refractivity (Wildman–Crippen MR) is 120 cm³/mol. The second-order valence-corrected chi connectivity index (χ2v) is 7.91. The molecule has 13 heteroatoms. The van der Waals surface area contributed by atoms with E-state index in [1.807, 2.05) is 0 Å². The maximum absolute atomic E-state index is 13.9. The number of nitriles is 1. The number of aromatic hydroxyl groups is 2. The fraction of sp³-hybridized carbons (Fsp3) is 0.0909. The third-order valence-electron chi connectivity index (χ3n) is 4.89. The normalized spacial score (nSPS) is 12.0. The van der Waals surface area contributed by atoms with Gasteiger partial charge in [0.15, 0.2) is 0 Å². The highest BCUT2D eigenvalue weighted by atomic mass is 35.5. The number of carbonyl (C=O) groups is 1. The Morgan fingerprint density at radius 1 is 1.09 bits per heavy atom. The fourth-order valence-corrected chi connectivity index (χ4v) is 3.83. The number of benzene rings is 3. The van der Waals surface area contributed by atoms with Gasteiger partial charge in [0.2, 0.25) is 5.75 Å². The van der Waals surface area contributed by atoms with Gasteiger partial charge in [-0.05, 0) is 41.5 Å². The SMILES string of the molecule is N#CC(c1ccc(Cl)cc1Cl)c1ccc(NC(=O)c2c(O)ccc([N+](=O)[O-])c2O)cc1C(F)(F)F. The molecule has 180 valence electrons. The smallest absolute Gasteiger partial charge is 0.416 e. The molecule has 1 unspecified atom stereocenters. The van der Waals surface area contributed by atoms with E-state index in [0.29, 0.717) is 6.07 Å². The average molecular weight is 526 g/mol. The summed E-state index contributed by atoms with van der Waals surface area (Å²) in [6.07, 6.45) is -4.96. The fourth-order valence-electron chi connectivity index (χ4n) is 3.31. The molecule has 3 aromatic rings. The summed E-state index contributed by atoms with van der Waals surface area (Å²) >= 11 is 11.9. The molecule has 0 aliphatic carbocycles. The van der Waals surface area contributed by atoms with Crippen LogP contribution in [-0.2, 0) is 6.18 Å². The van der Waals surface area contributed by atoms with Crippen LogP contribution in [0.3, 0.4) is 0 Å². The number of hydrogen-bond acceptors (Lipinski definition) is 6. The van der Waals surface area contributed by atoms with Crippen LogP contribution in [0.2, 0.25) is 10.0 Å². The Bertz CT molecular complexity index is 1390. The number of alkyl halides is 3. The minimum absolute atomic E-state index is 0.0221. The van der Waals surface area contributed by atoms with Gasteiger partial charge in [-0.15, -0.1) is 0 Å². The zero-order valence-corrected chi connectivity index (χ0v) is 18.6. The number of rotatable bonds is 5. The van der Waals surface area contributed by atoms with Crippen molar-refractivity contribution in [3.63, 3.8) is 0 Å². The number of halogens is 5. The second-order valence-electron chi connectivity index (χ2n) is 7.07. The van der Waals surface area contributed by atoms with Crippen molar-refractivity contribution in [3.05, 3.63) is 90.9 Å². The first-order valence-electron chi connectivity index (χ1n) is 9.41. The van der Waals surface area contributed by atoms with Crippen molar-refractivity contribution in [2.75, 3.05) is 5.32 Å². The zero-order valence-electron chi connectivity index (χ0n) is 17.1. The van der Waals surface area contributed by atoms with Crippen LogP contribution in [0.4, 0.5) is 24.5 Å². The van der Waals surface area contributed by atoms with Crippen LogP contribution in [0.15, 0.2) is 48.5 Å². The average Bonchev–Trinajstić information content (AvgIpc) is 2.75. The molecule has 35 heavy (non-hydrogen) atoms. The number of nitro groups is 1. The van der Waals surface area contributed by atoms with Gasteiger partial charge < -0.3 is 15.5 Å². The van der Waals surface area contributed by atoms with Crippen molar-refractivity contribution < 1.29 is 33.1 Å². The summed E-state index contributed by atoms with van der Waals surface area (Å²) in [4.78, 5) is 22.5. The van der Waals surface area contributed by atoms with E-state index in [2.05, 4.69) is 5.32 Å². The predicted octanol–water partition coefficient (Wildman–Crippen LogP) is 6.24. The number of phenols is 2. The minimum Gasteiger partial charge on any atom is -0.507 e. The standard InChI is InChI=1S/C22H12Cl2F3N3O5/c23-10-1-3-13(16(24)7-10)14(9-28)12-4-2-11(8-15(12)22(25,26)27)29-21(33)19-18(31)6-5-17(20(19)32)30(34)35/h1-8,14,31-32H,(H,29,33). The summed E-state index contributed by atoms with van der Waals surface area (Å²) in [7, 11) is 0. The highest BCUT2D eigenvalue weighted by Gasteiger charge is 2.37. The highest BCUT2D eigenvalue weighted by Crippen LogP contribution is 2.41. The molecular weight excluding hydrogens is 514 g/mol. The highest BCUT2D eigenvalue weighted by molar-refractivity contribution is 6.35. The van der Waals surface area contributed by atoms with Gasteiger partial charge in [0.05, 0.1) is 22.5 Å². The van der Waals surface area contributed by atoms with E-state index >= 15 is 0 Å². The summed E-state index contributed by atoms with van der Waals surface area (Å²) in [5.41, 5.74) is -3.86. The van der Waals surface area contributed by atoms with Crippen LogP contribution in [0.5, 0.6) is 11.5 Å². The van der Waals surface area contributed by atoms with Gasteiger partial charge in [-0.2, -0.15) is 18.4 Å². The van der Waals surface area contributed by atoms with Gasteiger partial charge in [0, 0.05) is 21.8 Å². The van der Waals surface area contributed by atoms with Crippen molar-refractivity contribution >= 4 is 40.5 Å². The summed E-state index contributed by atoms with van der Waals surface area (Å²) in [6, 6.07) is 9.85. The van der Waals surface area contributed by atoms with Crippen LogP contribution in [0.1, 0.15) is 33.0 Å². The monoisotopic (exact) mass is 525 g/mol. The maximum atomic E-state index is 13.9. The van der Waals surface area contributed by atoms with Crippen molar-refractivity contribution in [1.29, 1.82) is 5.26 Å². The number of anilines is 1. The van der Waals surface area contributed by atoms with Gasteiger partial charge in [0.1, 0.15) is 11.3 Å². The second kappa shape index (κ2) is 9.69. The summed E-state index contributed by atoms with van der Waals surface area (Å²) in [5.74, 6) is -4.74. The molecule has 3 aromatic carbocycles. The first-order valence-corrected chi connectivity index (χ1v) is 10.2. The van der Waals surface area contributed by atoms with Crippen LogP contribution >= 0.6 is 23.2 Å².